The van der Waals surface area contributed by atoms with Crippen LogP contribution >= 0.6 is 23.4 Å². The van der Waals surface area contributed by atoms with Crippen LogP contribution in [0.4, 0.5) is 13.2 Å². The number of nitriles is 1. The van der Waals surface area contributed by atoms with E-state index in [4.69, 9.17) is 26.8 Å². The predicted molar refractivity (Wildman–Crippen MR) is 123 cm³/mol. The summed E-state index contributed by atoms with van der Waals surface area (Å²) in [5, 5.41) is 21.4. The Bertz CT molecular complexity index is 1020. The zero-order valence-electron chi connectivity index (χ0n) is 18.3. The number of hydrogen-bond acceptors (Lipinski definition) is 8. The van der Waals surface area contributed by atoms with Gasteiger partial charge in [0.1, 0.15) is 6.04 Å². The molecule has 194 valence electrons. The monoisotopic (exact) mass is 557 g/mol. The quantitative estimate of drug-likeness (QED) is 0.396. The van der Waals surface area contributed by atoms with Crippen LogP contribution in [0.5, 0.6) is 0 Å². The van der Waals surface area contributed by atoms with E-state index >= 15 is 0 Å². The van der Waals surface area contributed by atoms with Crippen molar-refractivity contribution >= 4 is 39.4 Å². The number of benzene rings is 1. The highest BCUT2D eigenvalue weighted by Crippen LogP contribution is 2.25. The minimum absolute atomic E-state index is 0.0926. The van der Waals surface area contributed by atoms with Gasteiger partial charge < -0.3 is 5.11 Å². The number of alkyl halides is 3. The van der Waals surface area contributed by atoms with Crippen molar-refractivity contribution in [3.05, 3.63) is 34.2 Å². The minimum Gasteiger partial charge on any atom is -0.475 e. The Hall–Kier alpha value is -2.12. The highest BCUT2D eigenvalue weighted by atomic mass is 35.5. The van der Waals surface area contributed by atoms with Crippen LogP contribution < -0.4 is 0 Å². The summed E-state index contributed by atoms with van der Waals surface area (Å²) in [5.74, 6) is -1.19. The average molecular weight is 558 g/mol. The van der Waals surface area contributed by atoms with Crippen LogP contribution in [0, 0.1) is 16.2 Å². The van der Waals surface area contributed by atoms with Crippen molar-refractivity contribution in [1.82, 2.24) is 14.2 Å². The van der Waals surface area contributed by atoms with E-state index in [1.54, 1.807) is 23.9 Å². The molecule has 1 aromatic rings. The Morgan fingerprint density at radius 1 is 1.29 bits per heavy atom. The molecule has 0 aliphatic carbocycles. The third kappa shape index (κ3) is 8.21. The number of carbonyl (C=O) groups is 1. The standard InChI is InChI=1S/C17H22ClN5O3S2.C2HF3O2/c18-14-1-3-17(4-2-14)28(25,26)22-7-5-15(6-8-22)23(20-24)10-9-21-13-27-12-16(21)11-19;3-2(4,5)1(6)7/h1-4,15-16H,5-10,12-13H2;(H,6,7). The van der Waals surface area contributed by atoms with Gasteiger partial charge in [0, 0.05) is 36.3 Å². The van der Waals surface area contributed by atoms with Crippen molar-refractivity contribution in [2.75, 3.05) is 37.8 Å². The van der Waals surface area contributed by atoms with Crippen LogP contribution in [-0.2, 0) is 14.8 Å². The minimum atomic E-state index is -5.08. The molecule has 2 aliphatic heterocycles. The molecule has 2 aliphatic rings. The van der Waals surface area contributed by atoms with Crippen LogP contribution in [0.1, 0.15) is 12.8 Å². The number of carboxylic acids is 1. The molecule has 0 spiro atoms. The number of hydrogen-bond donors (Lipinski definition) is 1. The number of halogens is 4. The lowest BCUT2D eigenvalue weighted by atomic mass is 10.1. The van der Waals surface area contributed by atoms with E-state index in [0.717, 1.165) is 11.6 Å². The van der Waals surface area contributed by atoms with Gasteiger partial charge in [0.05, 0.1) is 28.8 Å². The van der Waals surface area contributed by atoms with Gasteiger partial charge in [-0.25, -0.2) is 13.2 Å². The van der Waals surface area contributed by atoms with E-state index < -0.39 is 22.2 Å². The maximum atomic E-state index is 12.8. The van der Waals surface area contributed by atoms with E-state index in [2.05, 4.69) is 11.4 Å². The second-order valence-corrected chi connectivity index (χ2v) is 11.0. The van der Waals surface area contributed by atoms with Gasteiger partial charge in [-0.15, -0.1) is 16.7 Å². The highest BCUT2D eigenvalue weighted by Gasteiger charge is 2.38. The smallest absolute Gasteiger partial charge is 0.475 e. The lowest BCUT2D eigenvalue weighted by Crippen LogP contribution is -2.47. The van der Waals surface area contributed by atoms with Gasteiger partial charge >= 0.3 is 12.1 Å². The summed E-state index contributed by atoms with van der Waals surface area (Å²) >= 11 is 7.54. The van der Waals surface area contributed by atoms with Crippen molar-refractivity contribution in [3.63, 3.8) is 0 Å². The Kier molecular flexibility index (Phi) is 10.6. The van der Waals surface area contributed by atoms with E-state index in [-0.39, 0.29) is 17.0 Å². The number of sulfonamides is 1. The predicted octanol–water partition coefficient (Wildman–Crippen LogP) is 3.01. The maximum Gasteiger partial charge on any atom is 0.490 e. The number of carboxylic acid groups (broad SMARTS) is 1. The Labute approximate surface area is 209 Å². The highest BCUT2D eigenvalue weighted by molar-refractivity contribution is 7.99. The van der Waals surface area contributed by atoms with Gasteiger partial charge in [0.15, 0.2) is 0 Å². The summed E-state index contributed by atoms with van der Waals surface area (Å²) < 4.78 is 58.7. The van der Waals surface area contributed by atoms with Crippen LogP contribution in [-0.4, -0.2) is 89.8 Å². The molecule has 1 unspecified atom stereocenters. The summed E-state index contributed by atoms with van der Waals surface area (Å²) in [7, 11) is -3.57. The third-order valence-electron chi connectivity index (χ3n) is 5.38. The van der Waals surface area contributed by atoms with Gasteiger partial charge in [-0.05, 0) is 37.1 Å². The second-order valence-electron chi connectivity index (χ2n) is 7.59. The van der Waals surface area contributed by atoms with E-state index in [1.165, 1.54) is 21.4 Å². The fourth-order valence-corrected chi connectivity index (χ4v) is 6.23. The van der Waals surface area contributed by atoms with Crippen molar-refractivity contribution in [1.29, 1.82) is 5.26 Å². The Balaban J connectivity index is 0.000000540. The molecule has 1 aromatic carbocycles. The first-order valence-corrected chi connectivity index (χ1v) is 13.2. The third-order valence-corrected chi connectivity index (χ3v) is 8.61. The Morgan fingerprint density at radius 2 is 1.86 bits per heavy atom. The molecule has 0 saturated carbocycles. The number of nitrogens with zero attached hydrogens (tertiary/aromatic N) is 5. The van der Waals surface area contributed by atoms with Crippen LogP contribution in [0.3, 0.4) is 0 Å². The number of piperidine rings is 1. The summed E-state index contributed by atoms with van der Waals surface area (Å²) in [6.45, 7) is 1.71. The summed E-state index contributed by atoms with van der Waals surface area (Å²) in [5.41, 5.74) is 0. The average Bonchev–Trinajstić information content (AvgIpc) is 3.27. The molecule has 0 radical (unpaired) electrons. The molecular weight excluding hydrogens is 535 g/mol. The molecular formula is C19H23ClF3N5O5S2. The first-order valence-electron chi connectivity index (χ1n) is 10.3. The van der Waals surface area contributed by atoms with Gasteiger partial charge in [-0.3, -0.25) is 9.91 Å². The topological polar surface area (TPSA) is 134 Å². The lowest BCUT2D eigenvalue weighted by Gasteiger charge is -2.35. The number of thioether (sulfide) groups is 1. The van der Waals surface area contributed by atoms with E-state index in [9.17, 15) is 26.5 Å². The van der Waals surface area contributed by atoms with E-state index in [1.807, 2.05) is 4.90 Å². The Morgan fingerprint density at radius 3 is 2.34 bits per heavy atom. The molecule has 0 aromatic heterocycles. The normalized spacial score (nSPS) is 19.9. The van der Waals surface area contributed by atoms with Gasteiger partial charge in [-0.2, -0.15) is 22.7 Å². The number of nitroso groups, excluding NO2 is 1. The SMILES string of the molecule is N#CC1CSCN1CCN(N=O)C1CCN(S(=O)(=O)c2ccc(Cl)cc2)CC1.O=C(O)C(F)(F)F. The molecule has 16 heteroatoms. The molecule has 3 rings (SSSR count). The molecule has 35 heavy (non-hydrogen) atoms. The summed E-state index contributed by atoms with van der Waals surface area (Å²) in [4.78, 5) is 22.5. The summed E-state index contributed by atoms with van der Waals surface area (Å²) in [6.07, 6.45) is -4.01. The fourth-order valence-electron chi connectivity index (χ4n) is 3.47. The van der Waals surface area contributed by atoms with Gasteiger partial charge in [-0.1, -0.05) is 11.6 Å². The molecule has 10 nitrogen and oxygen atoms in total. The summed E-state index contributed by atoms with van der Waals surface area (Å²) in [6, 6.07) is 8.18. The van der Waals surface area contributed by atoms with Crippen LogP contribution in [0.25, 0.3) is 0 Å². The number of aliphatic carboxylic acids is 1. The van der Waals surface area contributed by atoms with Crippen molar-refractivity contribution in [2.45, 2.75) is 36.0 Å². The molecule has 1 N–H and O–H groups in total. The van der Waals surface area contributed by atoms with Crippen LogP contribution in [0.2, 0.25) is 5.02 Å². The first-order chi connectivity index (χ1) is 16.4. The van der Waals surface area contributed by atoms with Gasteiger partial charge in [0.25, 0.3) is 0 Å². The molecule has 2 saturated heterocycles. The number of rotatable bonds is 7. The molecule has 0 bridgehead atoms. The van der Waals surface area contributed by atoms with E-state index in [0.29, 0.717) is 44.0 Å². The zero-order valence-corrected chi connectivity index (χ0v) is 20.7. The van der Waals surface area contributed by atoms with Crippen molar-refractivity contribution < 1.29 is 31.5 Å². The van der Waals surface area contributed by atoms with Crippen molar-refractivity contribution in [2.24, 2.45) is 5.29 Å². The molecule has 2 heterocycles. The second kappa shape index (κ2) is 12.7. The van der Waals surface area contributed by atoms with Crippen LogP contribution in [0.15, 0.2) is 34.4 Å². The lowest BCUT2D eigenvalue weighted by molar-refractivity contribution is -0.192. The fraction of sp³-hybridized carbons (Fsp3) is 0.579. The van der Waals surface area contributed by atoms with Crippen molar-refractivity contribution in [3.8, 4) is 6.07 Å². The molecule has 0 amide bonds. The first kappa shape index (κ1) is 29.1. The maximum absolute atomic E-state index is 12.8. The molecule has 1 atom stereocenters. The van der Waals surface area contributed by atoms with Gasteiger partial charge in [0.2, 0.25) is 10.0 Å². The molecule has 2 fully saturated rings. The largest absolute Gasteiger partial charge is 0.490 e. The zero-order chi connectivity index (χ0) is 26.2.